The number of hydrogen-bond acceptors (Lipinski definition) is 35. The van der Waals surface area contributed by atoms with E-state index in [1.807, 2.05) is 27.0 Å². The maximum absolute atomic E-state index is 11.0. The zero-order valence-electron chi connectivity index (χ0n) is 67.0. The van der Waals surface area contributed by atoms with Crippen LogP contribution in [0.3, 0.4) is 0 Å². The molecule has 42 heteroatoms. The van der Waals surface area contributed by atoms with Crippen LogP contribution < -0.4 is 78.9 Å². The molecule has 642 valence electrons. The van der Waals surface area contributed by atoms with Crippen LogP contribution in [0.4, 0.5) is 58.8 Å². The van der Waals surface area contributed by atoms with Crippen molar-refractivity contribution < 1.29 is 68.6 Å². The van der Waals surface area contributed by atoms with Crippen LogP contribution in [0.15, 0.2) is 55.2 Å². The zero-order chi connectivity index (χ0) is 79.6. The number of hydrogen-bond donors (Lipinski definition) is 16. The van der Waals surface area contributed by atoms with Gasteiger partial charge in [-0.3, -0.25) is 4.68 Å². The summed E-state index contributed by atoms with van der Waals surface area (Å²) in [5, 5.41) is 75.5. The van der Waals surface area contributed by atoms with Gasteiger partial charge in [0, 0.05) is 71.9 Å². The summed E-state index contributed by atoms with van der Waals surface area (Å²) in [6.07, 6.45) is 19.8. The highest BCUT2D eigenvalue weighted by molar-refractivity contribution is 7.60. The van der Waals surface area contributed by atoms with Crippen LogP contribution >= 0.6 is 67.5 Å². The molecule has 0 radical (unpaired) electrons. The Hall–Kier alpha value is -8.30. The van der Waals surface area contributed by atoms with Gasteiger partial charge >= 0.3 is 5.97 Å². The molecule has 0 spiro atoms. The third-order valence-corrected chi connectivity index (χ3v) is 15.5. The van der Waals surface area contributed by atoms with Gasteiger partial charge in [0.15, 0.2) is 57.8 Å². The van der Waals surface area contributed by atoms with Crippen LogP contribution in [0.1, 0.15) is 159 Å². The lowest BCUT2D eigenvalue weighted by Crippen LogP contribution is -2.24. The van der Waals surface area contributed by atoms with Crippen molar-refractivity contribution in [1.82, 2.24) is 64.6 Å². The number of nitrogens with one attached hydrogen (secondary N) is 5. The third-order valence-electron chi connectivity index (χ3n) is 15.5. The first kappa shape index (κ1) is 109. The molecule has 0 saturated carbocycles. The molecule has 21 N–H and O–H groups in total. The molecule has 113 heavy (non-hydrogen) atoms. The van der Waals surface area contributed by atoms with Crippen molar-refractivity contribution >= 4 is 132 Å². The summed E-state index contributed by atoms with van der Waals surface area (Å²) in [5.74, 6) is 5.37. The van der Waals surface area contributed by atoms with E-state index in [-0.39, 0.29) is 173 Å². The Balaban J connectivity index is -0.00000133. The van der Waals surface area contributed by atoms with E-state index in [2.05, 4.69) is 121 Å². The number of carboxylic acid groups (broad SMARTS) is 1. The number of aliphatic hydroxyl groups is 5. The number of aliphatic hydroxyl groups excluding tert-OH is 5. The molecule has 7 aromatic heterocycles. The van der Waals surface area contributed by atoms with Crippen molar-refractivity contribution in [1.29, 1.82) is 0 Å². The van der Waals surface area contributed by atoms with Crippen molar-refractivity contribution in [2.45, 2.75) is 182 Å². The minimum atomic E-state index is -1.11. The third kappa shape index (κ3) is 44.2. The van der Waals surface area contributed by atoms with E-state index in [1.54, 1.807) is 56.7 Å². The second-order valence-electron chi connectivity index (χ2n) is 25.0. The Bertz CT molecular complexity index is 3610. The highest BCUT2D eigenvalue weighted by Crippen LogP contribution is 2.30. The smallest absolute Gasteiger partial charge is 0.354 e. The Labute approximate surface area is 699 Å². The summed E-state index contributed by atoms with van der Waals surface area (Å²) < 4.78 is 39.5. The molecule has 0 bridgehead atoms. The Morgan fingerprint density at radius 2 is 0.832 bits per heavy atom. The van der Waals surface area contributed by atoms with Gasteiger partial charge < -0.3 is 119 Å². The van der Waals surface area contributed by atoms with E-state index in [0.717, 1.165) is 75.6 Å². The largest absolute Gasteiger partial charge is 0.491 e. The minimum absolute atomic E-state index is 0. The molecule has 37 nitrogen and oxygen atoms in total. The minimum Gasteiger partial charge on any atom is -0.491 e. The van der Waals surface area contributed by atoms with E-state index < -0.39 is 5.97 Å². The molecular weight excluding hydrogens is 1560 g/mol. The van der Waals surface area contributed by atoms with Crippen LogP contribution in [0.25, 0.3) is 0 Å². The average Bonchev–Trinajstić information content (AvgIpc) is 1.74. The second kappa shape index (κ2) is 64.0. The molecule has 0 aliphatic carbocycles. The van der Waals surface area contributed by atoms with Crippen LogP contribution in [-0.2, 0) is 29.7 Å². The molecule has 0 saturated heterocycles. The predicted octanol–water partition coefficient (Wildman–Crippen LogP) is 7.27. The maximum atomic E-state index is 11.0. The molecule has 5 atom stereocenters. The van der Waals surface area contributed by atoms with E-state index in [4.69, 9.17) is 82.3 Å². The molecular formula is C71H129N23O14S5. The quantitative estimate of drug-likeness (QED) is 0.0167. The average molecular weight is 1690 g/mol. The Kier molecular flexibility index (Phi) is 61.7. The van der Waals surface area contributed by atoms with Crippen LogP contribution in [-0.4, -0.2) is 212 Å². The van der Waals surface area contributed by atoms with Gasteiger partial charge in [0.05, 0.1) is 81.0 Å². The molecule has 0 aliphatic rings. The van der Waals surface area contributed by atoms with Crippen LogP contribution in [0, 0.1) is 12.8 Å². The lowest BCUT2D eigenvalue weighted by molar-refractivity contribution is 0.0689. The number of unbranched alkanes of at least 4 members (excludes halogenated alkanes) is 1. The van der Waals surface area contributed by atoms with Crippen molar-refractivity contribution in [2.24, 2.45) is 13.0 Å². The summed E-state index contributed by atoms with van der Waals surface area (Å²) in [4.78, 5) is 55.4. The number of nitrogens with zero attached hydrogens (tertiary/aromatic N) is 13. The summed E-state index contributed by atoms with van der Waals surface area (Å²) in [6, 6.07) is 6.95. The molecule has 7 heterocycles. The summed E-state index contributed by atoms with van der Waals surface area (Å²) >= 11 is 0. The van der Waals surface area contributed by atoms with Crippen LogP contribution in [0.2, 0.25) is 0 Å². The highest BCUT2D eigenvalue weighted by Gasteiger charge is 2.20. The maximum Gasteiger partial charge on any atom is 0.354 e. The monoisotopic (exact) mass is 1690 g/mol. The molecule has 0 amide bonds. The molecule has 0 aliphatic heterocycles. The van der Waals surface area contributed by atoms with Gasteiger partial charge in [-0.25, -0.2) is 34.7 Å². The first-order valence-corrected chi connectivity index (χ1v) is 36.3. The van der Waals surface area contributed by atoms with E-state index in [0.29, 0.717) is 128 Å². The van der Waals surface area contributed by atoms with E-state index in [1.165, 1.54) is 18.5 Å². The fourth-order valence-corrected chi connectivity index (χ4v) is 10.2. The number of aromatic nitrogens is 13. The van der Waals surface area contributed by atoms with Crippen molar-refractivity contribution in [3.8, 4) is 28.7 Å². The van der Waals surface area contributed by atoms with E-state index >= 15 is 0 Å². The number of rotatable bonds is 46. The number of aryl methyl sites for hydroxylation is 2. The lowest BCUT2D eigenvalue weighted by atomic mass is 10.0. The number of aromatic carboxylic acids is 1. The van der Waals surface area contributed by atoms with Gasteiger partial charge in [0.1, 0.15) is 32.1 Å². The molecule has 0 fully saturated rings. The fourth-order valence-electron chi connectivity index (χ4n) is 10.2. The molecule has 7 aromatic rings. The molecule has 7 rings (SSSR count). The van der Waals surface area contributed by atoms with Crippen molar-refractivity contribution in [3.63, 3.8) is 0 Å². The highest BCUT2D eigenvalue weighted by atomic mass is 32.1. The number of anilines is 10. The number of ether oxygens (including phenoxy) is 7. The number of carbonyl (C=O) groups is 1. The predicted molar refractivity (Wildman–Crippen MR) is 468 cm³/mol. The number of nitrogens with two attached hydrogens (primary N) is 5. The van der Waals surface area contributed by atoms with Crippen molar-refractivity contribution in [3.05, 3.63) is 78.0 Å². The first-order chi connectivity index (χ1) is 52.0. The zero-order valence-corrected chi connectivity index (χ0v) is 72.0. The van der Waals surface area contributed by atoms with Gasteiger partial charge in [-0.1, -0.05) is 79.7 Å². The molecule has 0 aromatic carbocycles. The summed E-state index contributed by atoms with van der Waals surface area (Å²) in [6.45, 7) is 17.2. The summed E-state index contributed by atoms with van der Waals surface area (Å²) in [7, 11) is 6.66. The number of pyridine rings is 1. The number of carboxylic acids is 1. The van der Waals surface area contributed by atoms with Gasteiger partial charge in [-0.05, 0) is 88.8 Å². The van der Waals surface area contributed by atoms with Gasteiger partial charge in [0.25, 0.3) is 0 Å². The Morgan fingerprint density at radius 3 is 1.19 bits per heavy atom. The Morgan fingerprint density at radius 1 is 0.469 bits per heavy atom. The van der Waals surface area contributed by atoms with Crippen molar-refractivity contribution in [2.75, 3.05) is 136 Å². The molecule has 0 unspecified atom stereocenters. The van der Waals surface area contributed by atoms with Gasteiger partial charge in [0.2, 0.25) is 29.7 Å². The number of nitrogen functional groups attached to an aromatic ring is 5. The first-order valence-electron chi connectivity index (χ1n) is 36.3. The van der Waals surface area contributed by atoms with Crippen LogP contribution in [0.5, 0.6) is 28.7 Å². The summed E-state index contributed by atoms with van der Waals surface area (Å²) in [5.41, 5.74) is 30.4. The second-order valence-corrected chi connectivity index (χ2v) is 25.0. The van der Waals surface area contributed by atoms with E-state index in [9.17, 15) is 15.0 Å². The number of methoxy groups -OCH3 is 3. The standard InChI is InChI=1S/C16H26N6O2.C16H21N5O4.C14H26N4O3.C13H24N4O3.C12H22N4O2.5H2S/c1-4-5-12(6-7-23)19-15-14(9-18-16(17)20-15)24-10-13-8-11(2)21-22(13)3;1-2-4-10(8-22)20-14-13(7-18-16(17)21-14)25-9-11-5-3-6-12(19-11)15(23)24;1-3-4-5-11(6-7-19)17-13-12(21-9-8-20-2)10-16-14(15)18-13;1-3-4-10(5-6-18)16-12-11(20-8-7-19-2)9-15-13(14)17-12;1-8(2)6-9(4-5-17)15-11-10(18-3)7-14-12(13)16-11;;;;;/h8-9,12,23H,4-7,10H2,1-3H3,(H3,17,18,19,20);3,5-7,10,22H,2,4,8-9H2,1H3,(H,23,24)(H3,17,18,20,21);10-11,19H,3-9H2,1-2H3,(H3,15,16,17,18);9-10,18H,3-8H2,1-2H3,(H3,14,15,16,17);7-9,17H,4-6H2,1-3H3,(H3,13,14,15,16);5*1H2/t12-;10-;11-;10-;9-;;;;;/m00001...../s1. The SMILES string of the molecule is CCCC[C@@H](CCO)Nc1nc(N)ncc1OCCOC.CCC[C@@H](CCO)Nc1nc(N)ncc1OCCOC.CCC[C@@H](CCO)Nc1nc(N)ncc1OCc1cc(C)nn1C.CCC[C@@H](CO)Nc1nc(N)ncc1OCc1cccc(C(=O)O)n1.COc1cnc(N)nc1N[C@H](CCO)CC(C)C.S.S.S.S.S. The fraction of sp³-hybridized carbons (Fsp3) is 0.592. The topological polar surface area (TPSA) is 553 Å². The normalized spacial score (nSPS) is 11.6. The van der Waals surface area contributed by atoms with Gasteiger partial charge in [-0.15, -0.1) is 0 Å². The van der Waals surface area contributed by atoms with Gasteiger partial charge in [-0.2, -0.15) is 97.5 Å². The lowest BCUT2D eigenvalue weighted by Gasteiger charge is -2.21.